The van der Waals surface area contributed by atoms with Crippen LogP contribution in [0, 0.1) is 5.82 Å². The van der Waals surface area contributed by atoms with Crippen LogP contribution in [0.4, 0.5) is 15.9 Å². The van der Waals surface area contributed by atoms with Crippen LogP contribution in [0.25, 0.3) is 22.2 Å². The second kappa shape index (κ2) is 9.58. The number of aldehydes is 1. The first-order valence-electron chi connectivity index (χ1n) is 9.31. The zero-order valence-corrected chi connectivity index (χ0v) is 16.5. The predicted molar refractivity (Wildman–Crippen MR) is 119 cm³/mol. The zero-order valence-electron chi connectivity index (χ0n) is 16.5. The van der Waals surface area contributed by atoms with Crippen LogP contribution in [0.5, 0.6) is 0 Å². The number of anilines is 2. The van der Waals surface area contributed by atoms with Gasteiger partial charge in [0.05, 0.1) is 22.5 Å². The van der Waals surface area contributed by atoms with Crippen molar-refractivity contribution in [1.82, 2.24) is 9.97 Å². The molecule has 5 N–H and O–H groups in total. The Kier molecular flexibility index (Phi) is 6.67. The number of nitrogens with two attached hydrogens (primary N) is 2. The minimum Gasteiger partial charge on any atom is -0.396 e. The third-order valence-corrected chi connectivity index (χ3v) is 4.48. The maximum atomic E-state index is 13.9. The molecule has 2 heterocycles. The van der Waals surface area contributed by atoms with Gasteiger partial charge in [-0.05, 0) is 55.1 Å². The summed E-state index contributed by atoms with van der Waals surface area (Å²) in [5, 5.41) is 4.29. The lowest BCUT2D eigenvalue weighted by atomic mass is 10.1. The van der Waals surface area contributed by atoms with Crippen molar-refractivity contribution in [3.8, 4) is 11.3 Å². The van der Waals surface area contributed by atoms with Crippen molar-refractivity contribution in [2.75, 3.05) is 18.1 Å². The van der Waals surface area contributed by atoms with Gasteiger partial charge in [-0.15, -0.1) is 0 Å². The van der Waals surface area contributed by atoms with Crippen LogP contribution in [-0.2, 0) is 6.54 Å². The maximum absolute atomic E-state index is 13.9. The van der Waals surface area contributed by atoms with Crippen LogP contribution in [0.3, 0.4) is 0 Å². The molecule has 0 aliphatic rings. The number of aromatic nitrogens is 2. The number of carbonyl (C=O) groups excluding carboxylic acids is 1. The Labute approximate surface area is 173 Å². The molecule has 2 aromatic carbocycles. The standard InChI is InChI=1S/C22H17FN4O.CH5N/c23-18-11-16(4-5-17(18)13-28)21-8-6-19(24)22(27-21)26-12-14-3-7-20-15(10-14)2-1-9-25-20;1-2/h1-11,13H,12,24H2,(H,26,27);2H2,1H3. The molecule has 0 aliphatic carbocycles. The van der Waals surface area contributed by atoms with E-state index in [1.807, 2.05) is 24.3 Å². The quantitative estimate of drug-likeness (QED) is 0.435. The van der Waals surface area contributed by atoms with Crippen molar-refractivity contribution in [3.05, 3.63) is 83.8 Å². The second-order valence-corrected chi connectivity index (χ2v) is 6.37. The average Bonchev–Trinajstić information content (AvgIpc) is 2.79. The second-order valence-electron chi connectivity index (χ2n) is 6.37. The minimum atomic E-state index is -0.578. The van der Waals surface area contributed by atoms with E-state index in [4.69, 9.17) is 5.73 Å². The van der Waals surface area contributed by atoms with Gasteiger partial charge in [0, 0.05) is 23.7 Å². The molecular weight excluding hydrogens is 381 g/mol. The van der Waals surface area contributed by atoms with E-state index in [0.717, 1.165) is 16.5 Å². The van der Waals surface area contributed by atoms with E-state index in [1.165, 1.54) is 19.2 Å². The van der Waals surface area contributed by atoms with Gasteiger partial charge in [0.1, 0.15) is 11.6 Å². The molecule has 0 radical (unpaired) electrons. The molecule has 30 heavy (non-hydrogen) atoms. The fourth-order valence-corrected chi connectivity index (χ4v) is 2.98. The number of hydrogen-bond donors (Lipinski definition) is 3. The van der Waals surface area contributed by atoms with Gasteiger partial charge in [-0.25, -0.2) is 9.37 Å². The van der Waals surface area contributed by atoms with Gasteiger partial charge >= 0.3 is 0 Å². The third-order valence-electron chi connectivity index (χ3n) is 4.48. The highest BCUT2D eigenvalue weighted by Crippen LogP contribution is 2.25. The van der Waals surface area contributed by atoms with E-state index in [-0.39, 0.29) is 5.56 Å². The molecule has 0 aliphatic heterocycles. The summed E-state index contributed by atoms with van der Waals surface area (Å²) in [6.07, 6.45) is 2.25. The van der Waals surface area contributed by atoms with Crippen molar-refractivity contribution < 1.29 is 9.18 Å². The molecule has 4 aromatic rings. The van der Waals surface area contributed by atoms with Gasteiger partial charge in [-0.1, -0.05) is 18.2 Å². The number of nitrogen functional groups attached to an aromatic ring is 1. The number of benzene rings is 2. The Bertz CT molecular complexity index is 1180. The molecule has 0 bridgehead atoms. The summed E-state index contributed by atoms with van der Waals surface area (Å²) < 4.78 is 13.9. The summed E-state index contributed by atoms with van der Waals surface area (Å²) in [5.74, 6) is -0.0611. The van der Waals surface area contributed by atoms with Crippen LogP contribution in [0.15, 0.2) is 66.9 Å². The Hall–Kier alpha value is -3.84. The van der Waals surface area contributed by atoms with Gasteiger partial charge in [0.15, 0.2) is 6.29 Å². The van der Waals surface area contributed by atoms with E-state index < -0.39 is 5.82 Å². The van der Waals surface area contributed by atoms with Gasteiger partial charge in [-0.3, -0.25) is 9.78 Å². The number of fused-ring (bicyclic) bond motifs is 1. The molecule has 0 amide bonds. The molecule has 0 spiro atoms. The van der Waals surface area contributed by atoms with Gasteiger partial charge in [0.25, 0.3) is 0 Å². The number of pyridine rings is 2. The first-order chi connectivity index (χ1) is 14.6. The van der Waals surface area contributed by atoms with Crippen molar-refractivity contribution >= 4 is 28.7 Å². The molecule has 7 heteroatoms. The number of carbonyl (C=O) groups is 1. The Morgan fingerprint density at radius 2 is 1.90 bits per heavy atom. The Morgan fingerprint density at radius 1 is 1.07 bits per heavy atom. The summed E-state index contributed by atoms with van der Waals surface area (Å²) in [6.45, 7) is 0.532. The molecular formula is C23H22FN5O. The molecule has 152 valence electrons. The molecule has 0 fully saturated rings. The van der Waals surface area contributed by atoms with Crippen molar-refractivity contribution in [1.29, 1.82) is 0 Å². The van der Waals surface area contributed by atoms with Crippen LogP contribution >= 0.6 is 0 Å². The van der Waals surface area contributed by atoms with E-state index >= 15 is 0 Å². The summed E-state index contributed by atoms with van der Waals surface area (Å²) in [7, 11) is 1.50. The SMILES string of the molecule is CN.Nc1ccc(-c2ccc(C=O)c(F)c2)nc1NCc1ccc2ncccc2c1. The number of rotatable bonds is 5. The van der Waals surface area contributed by atoms with Gasteiger partial charge in [0.2, 0.25) is 0 Å². The van der Waals surface area contributed by atoms with Crippen molar-refractivity contribution in [2.24, 2.45) is 5.73 Å². The van der Waals surface area contributed by atoms with Crippen LogP contribution in [0.1, 0.15) is 15.9 Å². The number of nitrogens with one attached hydrogen (secondary N) is 1. The lowest BCUT2D eigenvalue weighted by molar-refractivity contribution is 0.112. The minimum absolute atomic E-state index is 0.0170. The predicted octanol–water partition coefficient (Wildman–Crippen LogP) is 4.02. The molecule has 6 nitrogen and oxygen atoms in total. The maximum Gasteiger partial charge on any atom is 0.152 e. The monoisotopic (exact) mass is 403 g/mol. The topological polar surface area (TPSA) is 107 Å². The molecule has 4 rings (SSSR count). The fourth-order valence-electron chi connectivity index (χ4n) is 2.98. The van der Waals surface area contributed by atoms with Crippen LogP contribution in [-0.4, -0.2) is 23.3 Å². The largest absolute Gasteiger partial charge is 0.396 e. The molecule has 0 atom stereocenters. The average molecular weight is 403 g/mol. The van der Waals surface area contributed by atoms with Crippen LogP contribution < -0.4 is 16.8 Å². The first-order valence-corrected chi connectivity index (χ1v) is 9.31. The van der Waals surface area contributed by atoms with Crippen LogP contribution in [0.2, 0.25) is 0 Å². The summed E-state index contributed by atoms with van der Waals surface area (Å²) in [4.78, 5) is 19.6. The number of nitrogens with zero attached hydrogens (tertiary/aromatic N) is 2. The smallest absolute Gasteiger partial charge is 0.152 e. The highest BCUT2D eigenvalue weighted by Gasteiger charge is 2.09. The zero-order chi connectivity index (χ0) is 21.5. The third kappa shape index (κ3) is 4.59. The highest BCUT2D eigenvalue weighted by atomic mass is 19.1. The van der Waals surface area contributed by atoms with Crippen molar-refractivity contribution in [2.45, 2.75) is 6.54 Å². The summed E-state index contributed by atoms with van der Waals surface area (Å²) in [5.41, 5.74) is 14.2. The molecule has 0 unspecified atom stereocenters. The lowest BCUT2D eigenvalue weighted by Crippen LogP contribution is -2.05. The first kappa shape index (κ1) is 20.9. The molecule has 0 saturated heterocycles. The summed E-state index contributed by atoms with van der Waals surface area (Å²) in [6, 6.07) is 17.8. The Balaban J connectivity index is 0.00000124. The Morgan fingerprint density at radius 3 is 2.67 bits per heavy atom. The van der Waals surface area contributed by atoms with Gasteiger partial charge < -0.3 is 16.8 Å². The van der Waals surface area contributed by atoms with Gasteiger partial charge in [-0.2, -0.15) is 0 Å². The number of halogens is 1. The molecule has 0 saturated carbocycles. The van der Waals surface area contributed by atoms with E-state index in [0.29, 0.717) is 35.6 Å². The van der Waals surface area contributed by atoms with E-state index in [2.05, 4.69) is 27.1 Å². The highest BCUT2D eigenvalue weighted by molar-refractivity contribution is 5.79. The van der Waals surface area contributed by atoms with E-state index in [9.17, 15) is 9.18 Å². The normalized spacial score (nSPS) is 10.2. The lowest BCUT2D eigenvalue weighted by Gasteiger charge is -2.11. The van der Waals surface area contributed by atoms with Crippen molar-refractivity contribution in [3.63, 3.8) is 0 Å². The molecule has 2 aromatic heterocycles. The van der Waals surface area contributed by atoms with E-state index in [1.54, 1.807) is 24.4 Å². The summed E-state index contributed by atoms with van der Waals surface area (Å²) >= 11 is 0. The number of hydrogen-bond acceptors (Lipinski definition) is 6. The fraction of sp³-hybridized carbons (Fsp3) is 0.0870.